The summed E-state index contributed by atoms with van der Waals surface area (Å²) in [6.07, 6.45) is 1.45. The van der Waals surface area contributed by atoms with E-state index >= 15 is 0 Å². The van der Waals surface area contributed by atoms with Gasteiger partial charge < -0.3 is 4.90 Å². The Morgan fingerprint density at radius 1 is 1.50 bits per heavy atom. The molecule has 0 unspecified atom stereocenters. The van der Waals surface area contributed by atoms with E-state index < -0.39 is 0 Å². The van der Waals surface area contributed by atoms with Gasteiger partial charge in [0.05, 0.1) is 6.54 Å². The number of urea groups is 1. The molecule has 0 radical (unpaired) electrons. The van der Waals surface area contributed by atoms with E-state index in [0.717, 1.165) is 0 Å². The third kappa shape index (κ3) is 1.88. The van der Waals surface area contributed by atoms with Crippen LogP contribution in [-0.4, -0.2) is 38.1 Å². The molecule has 0 bridgehead atoms. The molecule has 2 rings (SSSR count). The minimum absolute atomic E-state index is 0.0871. The number of hydrogen-bond donors (Lipinski definition) is 1. The van der Waals surface area contributed by atoms with Crippen molar-refractivity contribution in [2.75, 3.05) is 6.54 Å². The van der Waals surface area contributed by atoms with Crippen LogP contribution in [0, 0.1) is 0 Å². The van der Waals surface area contributed by atoms with Crippen molar-refractivity contribution < 1.29 is 9.59 Å². The summed E-state index contributed by atoms with van der Waals surface area (Å²) in [4.78, 5) is 27.8. The molecule has 1 N–H and O–H groups in total. The normalized spacial score (nSPS) is 16.1. The number of carbonyl (C=O) groups is 2. The van der Waals surface area contributed by atoms with Crippen molar-refractivity contribution in [1.29, 1.82) is 0 Å². The van der Waals surface area contributed by atoms with Gasteiger partial charge in [-0.1, -0.05) is 0 Å². The Bertz CT molecular complexity index is 425. The average molecular weight is 223 g/mol. The molecule has 1 aromatic rings. The van der Waals surface area contributed by atoms with Gasteiger partial charge in [-0.2, -0.15) is 5.10 Å². The summed E-state index contributed by atoms with van der Waals surface area (Å²) in [6.45, 7) is 4.35. The third-order valence-corrected chi connectivity index (χ3v) is 2.34. The van der Waals surface area contributed by atoms with E-state index in [2.05, 4.69) is 15.4 Å². The lowest BCUT2D eigenvalue weighted by Crippen LogP contribution is -2.29. The summed E-state index contributed by atoms with van der Waals surface area (Å²) < 4.78 is 1.73. The lowest BCUT2D eigenvalue weighted by atomic mass is 10.4. The highest BCUT2D eigenvalue weighted by atomic mass is 16.2. The van der Waals surface area contributed by atoms with Crippen molar-refractivity contribution in [3.8, 4) is 0 Å². The monoisotopic (exact) mass is 223 g/mol. The minimum atomic E-state index is -0.372. The van der Waals surface area contributed by atoms with Crippen molar-refractivity contribution >= 4 is 11.9 Å². The zero-order valence-corrected chi connectivity index (χ0v) is 9.17. The van der Waals surface area contributed by atoms with Crippen molar-refractivity contribution in [2.45, 2.75) is 26.4 Å². The maximum Gasteiger partial charge on any atom is 0.324 e. The van der Waals surface area contributed by atoms with Gasteiger partial charge in [-0.05, 0) is 13.8 Å². The number of carbonyl (C=O) groups excluding carboxylic acids is 2. The Balaban J connectivity index is 2.12. The molecule has 1 aromatic heterocycles. The number of nitrogens with zero attached hydrogens (tertiary/aromatic N) is 4. The second-order valence-corrected chi connectivity index (χ2v) is 3.92. The van der Waals surface area contributed by atoms with Gasteiger partial charge in [-0.25, -0.2) is 14.5 Å². The fourth-order valence-electron chi connectivity index (χ4n) is 1.60. The lowest BCUT2D eigenvalue weighted by molar-refractivity contribution is -0.118. The van der Waals surface area contributed by atoms with E-state index in [1.54, 1.807) is 4.68 Å². The van der Waals surface area contributed by atoms with Gasteiger partial charge in [0.25, 0.3) is 0 Å². The molecule has 7 heteroatoms. The van der Waals surface area contributed by atoms with Crippen molar-refractivity contribution in [1.82, 2.24) is 25.0 Å². The maximum atomic E-state index is 11.3. The standard InChI is InChI=1S/C9H13N5O2/c1-6(2)14-7(10-5-11-14)3-13-4-8(15)12-9(13)16/h5-6H,3-4H2,1-2H3,(H,12,15,16). The molecule has 2 heterocycles. The third-order valence-electron chi connectivity index (χ3n) is 2.34. The van der Waals surface area contributed by atoms with Crippen LogP contribution in [0.5, 0.6) is 0 Å². The van der Waals surface area contributed by atoms with E-state index in [-0.39, 0.29) is 24.5 Å². The average Bonchev–Trinajstić information content (AvgIpc) is 2.75. The topological polar surface area (TPSA) is 80.1 Å². The predicted octanol–water partition coefficient (Wildman–Crippen LogP) is -0.0892. The zero-order chi connectivity index (χ0) is 11.7. The maximum absolute atomic E-state index is 11.3. The van der Waals surface area contributed by atoms with Crippen LogP contribution in [0.1, 0.15) is 25.7 Å². The molecule has 1 fully saturated rings. The fourth-order valence-corrected chi connectivity index (χ4v) is 1.60. The van der Waals surface area contributed by atoms with Crippen LogP contribution >= 0.6 is 0 Å². The molecule has 0 atom stereocenters. The largest absolute Gasteiger partial charge is 0.324 e. The summed E-state index contributed by atoms with van der Waals surface area (Å²) in [5.74, 6) is 0.403. The van der Waals surface area contributed by atoms with Crippen LogP contribution in [0.3, 0.4) is 0 Å². The number of imide groups is 1. The second kappa shape index (κ2) is 3.92. The molecular formula is C9H13N5O2. The molecule has 0 spiro atoms. The fraction of sp³-hybridized carbons (Fsp3) is 0.556. The van der Waals surface area contributed by atoms with Gasteiger partial charge in [0, 0.05) is 6.04 Å². The number of amides is 3. The minimum Gasteiger partial charge on any atom is -0.308 e. The van der Waals surface area contributed by atoms with E-state index in [4.69, 9.17) is 0 Å². The summed E-state index contributed by atoms with van der Waals surface area (Å²) in [7, 11) is 0. The quantitative estimate of drug-likeness (QED) is 0.726. The van der Waals surface area contributed by atoms with Crippen molar-refractivity contribution in [3.05, 3.63) is 12.2 Å². The number of aromatic nitrogens is 3. The molecule has 86 valence electrons. The Morgan fingerprint density at radius 3 is 2.81 bits per heavy atom. The molecule has 1 aliphatic heterocycles. The van der Waals surface area contributed by atoms with Gasteiger partial charge >= 0.3 is 6.03 Å². The Morgan fingerprint density at radius 2 is 2.25 bits per heavy atom. The summed E-state index contributed by atoms with van der Waals surface area (Å²) >= 11 is 0. The van der Waals surface area contributed by atoms with Crippen LogP contribution in [-0.2, 0) is 11.3 Å². The molecule has 0 saturated carbocycles. The first-order valence-corrected chi connectivity index (χ1v) is 5.05. The van der Waals surface area contributed by atoms with Crippen LogP contribution in [0.2, 0.25) is 0 Å². The smallest absolute Gasteiger partial charge is 0.308 e. The molecule has 0 aromatic carbocycles. The van der Waals surface area contributed by atoms with E-state index in [9.17, 15) is 9.59 Å². The highest BCUT2D eigenvalue weighted by molar-refractivity contribution is 6.01. The second-order valence-electron chi connectivity index (χ2n) is 3.92. The van der Waals surface area contributed by atoms with Gasteiger partial charge in [0.2, 0.25) is 5.91 Å². The van der Waals surface area contributed by atoms with Crippen LogP contribution < -0.4 is 5.32 Å². The molecule has 7 nitrogen and oxygen atoms in total. The molecular weight excluding hydrogens is 210 g/mol. The highest BCUT2D eigenvalue weighted by Crippen LogP contribution is 2.09. The number of rotatable bonds is 3. The number of nitrogens with one attached hydrogen (secondary N) is 1. The van der Waals surface area contributed by atoms with E-state index in [0.29, 0.717) is 12.4 Å². The van der Waals surface area contributed by atoms with Gasteiger partial charge in [0.1, 0.15) is 18.7 Å². The molecule has 1 aliphatic rings. The van der Waals surface area contributed by atoms with Gasteiger partial charge in [-0.15, -0.1) is 0 Å². The predicted molar refractivity (Wildman–Crippen MR) is 54.4 cm³/mol. The summed E-state index contributed by atoms with van der Waals surface area (Å²) in [5, 5.41) is 6.28. The Hall–Kier alpha value is -1.92. The van der Waals surface area contributed by atoms with Gasteiger partial charge in [0.15, 0.2) is 0 Å². The molecule has 16 heavy (non-hydrogen) atoms. The molecule has 1 saturated heterocycles. The highest BCUT2D eigenvalue weighted by Gasteiger charge is 2.27. The Kier molecular flexibility index (Phi) is 2.59. The first kappa shape index (κ1) is 10.6. The van der Waals surface area contributed by atoms with Crippen LogP contribution in [0.25, 0.3) is 0 Å². The van der Waals surface area contributed by atoms with E-state index in [1.165, 1.54) is 11.2 Å². The van der Waals surface area contributed by atoms with Crippen molar-refractivity contribution in [3.63, 3.8) is 0 Å². The number of hydrogen-bond acceptors (Lipinski definition) is 4. The first-order chi connectivity index (χ1) is 7.58. The summed E-state index contributed by atoms with van der Waals surface area (Å²) in [5.41, 5.74) is 0. The summed E-state index contributed by atoms with van der Waals surface area (Å²) in [6, 6.07) is -0.192. The lowest BCUT2D eigenvalue weighted by Gasteiger charge is -2.14. The Labute approximate surface area is 92.4 Å². The SMILES string of the molecule is CC(C)n1ncnc1CN1CC(=O)NC1=O. The van der Waals surface area contributed by atoms with Gasteiger partial charge in [-0.3, -0.25) is 10.1 Å². The first-order valence-electron chi connectivity index (χ1n) is 5.05. The van der Waals surface area contributed by atoms with Crippen LogP contribution in [0.4, 0.5) is 4.79 Å². The molecule has 0 aliphatic carbocycles. The molecule has 3 amide bonds. The van der Waals surface area contributed by atoms with E-state index in [1.807, 2.05) is 13.8 Å². The van der Waals surface area contributed by atoms with Crippen LogP contribution in [0.15, 0.2) is 6.33 Å². The van der Waals surface area contributed by atoms with Crippen molar-refractivity contribution in [2.24, 2.45) is 0 Å². The zero-order valence-electron chi connectivity index (χ0n) is 9.17.